The molecule has 0 saturated carbocycles. The summed E-state index contributed by atoms with van der Waals surface area (Å²) in [5.74, 6) is -1.86. The first-order chi connectivity index (χ1) is 6.30. The number of hydrogen-bond donors (Lipinski definition) is 2. The first-order valence-electron chi connectivity index (χ1n) is 3.24. The molecule has 0 fully saturated rings. The van der Waals surface area contributed by atoms with Gasteiger partial charge in [-0.3, -0.25) is 9.97 Å². The van der Waals surface area contributed by atoms with Gasteiger partial charge in [-0.2, -0.15) is 5.21 Å². The Morgan fingerprint density at radius 1 is 1.62 bits per heavy atom. The van der Waals surface area contributed by atoms with Gasteiger partial charge < -0.3 is 9.90 Å². The molecule has 2 aromatic rings. The zero-order chi connectivity index (χ0) is 9.52. The van der Waals surface area contributed by atoms with Gasteiger partial charge in [0.2, 0.25) is 12.2 Å². The second-order valence-electron chi connectivity index (χ2n) is 1.83. The van der Waals surface area contributed by atoms with E-state index in [1.54, 1.807) is 6.33 Å². The zero-order valence-corrected chi connectivity index (χ0v) is 6.39. The van der Waals surface area contributed by atoms with Gasteiger partial charge in [0.1, 0.15) is 18.4 Å². The van der Waals surface area contributed by atoms with E-state index in [-0.39, 0.29) is 0 Å². The third kappa shape index (κ3) is 3.10. The van der Waals surface area contributed by atoms with Gasteiger partial charge in [0.15, 0.2) is 0 Å². The molecule has 8 heteroatoms. The van der Waals surface area contributed by atoms with Crippen LogP contribution in [0.3, 0.4) is 0 Å². The number of carbonyl (C=O) groups is 1. The maximum absolute atomic E-state index is 9.77. The fourth-order valence-corrected chi connectivity index (χ4v) is 0.489. The first kappa shape index (κ1) is 8.84. The van der Waals surface area contributed by atoms with E-state index in [4.69, 9.17) is 0 Å². The van der Waals surface area contributed by atoms with Crippen LogP contribution >= 0.6 is 0 Å². The van der Waals surface area contributed by atoms with Gasteiger partial charge in [0, 0.05) is 0 Å². The third-order valence-corrected chi connectivity index (χ3v) is 0.970. The molecule has 2 heterocycles. The van der Waals surface area contributed by atoms with Crippen LogP contribution in [0.2, 0.25) is 0 Å². The maximum atomic E-state index is 9.77. The van der Waals surface area contributed by atoms with E-state index >= 15 is 0 Å². The molecule has 0 bridgehead atoms. The molecule has 0 aliphatic rings. The van der Waals surface area contributed by atoms with E-state index in [2.05, 4.69) is 25.4 Å². The van der Waals surface area contributed by atoms with Crippen molar-refractivity contribution in [1.29, 1.82) is 0 Å². The second-order valence-corrected chi connectivity index (χ2v) is 1.83. The summed E-state index contributed by atoms with van der Waals surface area (Å²) in [6.45, 7) is 0. The lowest BCUT2D eigenvalue weighted by Gasteiger charge is -1.86. The van der Waals surface area contributed by atoms with Gasteiger partial charge in [0.05, 0.1) is 0 Å². The number of rotatable bonds is 1. The Bertz CT molecular complexity index is 311. The number of aromatic carboxylic acids is 1. The summed E-state index contributed by atoms with van der Waals surface area (Å²) >= 11 is 0. The van der Waals surface area contributed by atoms with Crippen LogP contribution in [0.4, 0.5) is 0 Å². The molecule has 0 atom stereocenters. The van der Waals surface area contributed by atoms with Gasteiger partial charge in [-0.05, 0) is 5.21 Å². The van der Waals surface area contributed by atoms with Gasteiger partial charge in [-0.1, -0.05) is 0 Å². The average Bonchev–Trinajstić information content (AvgIpc) is 2.82. The van der Waals surface area contributed by atoms with Gasteiger partial charge in [0.25, 0.3) is 0 Å². The molecule has 0 aromatic carbocycles. The van der Waals surface area contributed by atoms with Crippen LogP contribution in [0.5, 0.6) is 0 Å². The van der Waals surface area contributed by atoms with Crippen molar-refractivity contribution in [3.8, 4) is 0 Å². The predicted octanol–water partition coefficient (Wildman–Crippen LogP) is -2.61. The summed E-state index contributed by atoms with van der Waals surface area (Å²) in [5.41, 5.74) is 0. The van der Waals surface area contributed by atoms with Crippen molar-refractivity contribution < 1.29 is 14.9 Å². The highest BCUT2D eigenvalue weighted by Crippen LogP contribution is 1.74. The monoisotopic (exact) mass is 182 g/mol. The molecule has 0 unspecified atom stereocenters. The molecule has 0 amide bonds. The fourth-order valence-electron chi connectivity index (χ4n) is 0.489. The third-order valence-electron chi connectivity index (χ3n) is 0.970. The molecule has 0 spiro atoms. The lowest BCUT2D eigenvalue weighted by Crippen LogP contribution is -2.23. The van der Waals surface area contributed by atoms with Crippen molar-refractivity contribution in [2.24, 2.45) is 0 Å². The number of aromatic nitrogens is 6. The quantitative estimate of drug-likeness (QED) is 0.500. The summed E-state index contributed by atoms with van der Waals surface area (Å²) in [6.07, 6.45) is 5.39. The molecule has 0 aliphatic carbocycles. The van der Waals surface area contributed by atoms with Crippen molar-refractivity contribution in [3.63, 3.8) is 0 Å². The Morgan fingerprint density at radius 3 is 2.69 bits per heavy atom. The molecule has 0 radical (unpaired) electrons. The number of tetrazole rings is 1. The van der Waals surface area contributed by atoms with Crippen LogP contribution in [0.25, 0.3) is 0 Å². The summed E-state index contributed by atoms with van der Waals surface area (Å²) in [6, 6.07) is 0. The number of aromatic amines is 3. The minimum atomic E-state index is -1.43. The molecule has 8 nitrogen and oxygen atoms in total. The number of carboxylic acids is 1. The van der Waals surface area contributed by atoms with Crippen molar-refractivity contribution in [3.05, 3.63) is 24.5 Å². The molecular weight excluding hydrogens is 176 g/mol. The smallest absolute Gasteiger partial charge is 0.239 e. The Labute approximate surface area is 72.0 Å². The number of H-pyrrole nitrogens is 3. The fraction of sp³-hybridized carbons (Fsp3) is 0. The Hall–Kier alpha value is -2.25. The second kappa shape index (κ2) is 4.59. The summed E-state index contributed by atoms with van der Waals surface area (Å²) in [7, 11) is 0. The number of carbonyl (C=O) groups excluding carboxylic acids is 1. The number of hydrogen-bond acceptors (Lipinski definition) is 5. The zero-order valence-electron chi connectivity index (χ0n) is 6.39. The molecule has 68 valence electrons. The number of imidazole rings is 1. The highest BCUT2D eigenvalue weighted by atomic mass is 16.4. The number of carboxylic acid groups (broad SMARTS) is 1. The van der Waals surface area contributed by atoms with E-state index in [0.717, 1.165) is 0 Å². The Kier molecular flexibility index (Phi) is 3.12. The van der Waals surface area contributed by atoms with E-state index in [1.165, 1.54) is 0 Å². The Morgan fingerprint density at radius 2 is 2.46 bits per heavy atom. The largest absolute Gasteiger partial charge is 0.541 e. The number of nitrogens with zero attached hydrogens (tertiary/aromatic N) is 3. The number of nitrogens with one attached hydrogen (secondary N) is 3. The normalized spacial score (nSPS) is 8.62. The average molecular weight is 182 g/mol. The van der Waals surface area contributed by atoms with E-state index < -0.39 is 11.8 Å². The van der Waals surface area contributed by atoms with Crippen LogP contribution in [0.1, 0.15) is 10.6 Å². The maximum Gasteiger partial charge on any atom is 0.239 e. The standard InChI is InChI=1S/C3H4N2.C2H2N4O2/c1-2-5-3-4-1;7-2(8)1-3-5-6-4-1/h1-3H,(H,4,5);(H,7,8)(H,3,4,5,6). The molecule has 2 rings (SSSR count). The van der Waals surface area contributed by atoms with Crippen molar-refractivity contribution >= 4 is 5.97 Å². The first-order valence-corrected chi connectivity index (χ1v) is 3.24. The van der Waals surface area contributed by atoms with Crippen LogP contribution < -0.4 is 10.1 Å². The summed E-state index contributed by atoms with van der Waals surface area (Å²) < 4.78 is 0. The van der Waals surface area contributed by atoms with Gasteiger partial charge in [-0.15, -0.1) is 10.2 Å². The van der Waals surface area contributed by atoms with Gasteiger partial charge in [-0.25, -0.2) is 0 Å². The lowest BCUT2D eigenvalue weighted by molar-refractivity contribution is -0.375. The van der Waals surface area contributed by atoms with E-state index in [9.17, 15) is 9.90 Å². The summed E-state index contributed by atoms with van der Waals surface area (Å²) in [5, 5.41) is 20.9. The predicted molar refractivity (Wildman–Crippen MR) is 35.9 cm³/mol. The highest BCUT2D eigenvalue weighted by molar-refractivity contribution is 5.80. The van der Waals surface area contributed by atoms with Gasteiger partial charge >= 0.3 is 0 Å². The van der Waals surface area contributed by atoms with Crippen molar-refractivity contribution in [1.82, 2.24) is 25.6 Å². The molecule has 13 heavy (non-hydrogen) atoms. The minimum absolute atomic E-state index is 0.426. The van der Waals surface area contributed by atoms with Crippen molar-refractivity contribution in [2.45, 2.75) is 0 Å². The van der Waals surface area contributed by atoms with Crippen LogP contribution in [0, 0.1) is 0 Å². The molecule has 0 aliphatic heterocycles. The minimum Gasteiger partial charge on any atom is -0.541 e. The van der Waals surface area contributed by atoms with Crippen LogP contribution in [0.15, 0.2) is 18.7 Å². The van der Waals surface area contributed by atoms with Crippen molar-refractivity contribution in [2.75, 3.05) is 0 Å². The summed E-state index contributed by atoms with van der Waals surface area (Å²) in [4.78, 5) is 15.4. The van der Waals surface area contributed by atoms with Crippen LogP contribution in [-0.2, 0) is 0 Å². The lowest BCUT2D eigenvalue weighted by atomic mass is 10.7. The SMILES string of the molecule is O=C([O-])c1nn[nH]n1.c1c[nH+]c[nH]1. The molecule has 2 aromatic heterocycles. The van der Waals surface area contributed by atoms with Crippen LogP contribution in [-0.4, -0.2) is 31.6 Å². The van der Waals surface area contributed by atoms with E-state index in [0.29, 0.717) is 0 Å². The topological polar surface area (TPSA) is 125 Å². The Balaban J connectivity index is 0.000000145. The van der Waals surface area contributed by atoms with E-state index in [1.807, 2.05) is 17.6 Å². The highest BCUT2D eigenvalue weighted by Gasteiger charge is 1.93. The molecule has 0 saturated heterocycles. The molecular formula is C5H6N6O2. The molecule has 3 N–H and O–H groups in total.